The number of aromatic nitrogens is 1. The third-order valence-corrected chi connectivity index (χ3v) is 4.71. The molecule has 1 aromatic carbocycles. The number of hydrogen-bond acceptors (Lipinski definition) is 4. The Hall–Kier alpha value is -2.63. The van der Waals surface area contributed by atoms with Crippen molar-refractivity contribution < 1.29 is 19.2 Å². The van der Waals surface area contributed by atoms with E-state index in [2.05, 4.69) is 5.16 Å². The van der Waals surface area contributed by atoms with Gasteiger partial charge in [-0.05, 0) is 31.9 Å². The lowest BCUT2D eigenvalue weighted by molar-refractivity contribution is -0.152. The van der Waals surface area contributed by atoms with Crippen LogP contribution in [0.2, 0.25) is 0 Å². The highest BCUT2D eigenvalue weighted by Gasteiger charge is 2.37. The molecule has 0 saturated heterocycles. The Bertz CT molecular complexity index is 777. The number of amides is 1. The third kappa shape index (κ3) is 2.68. The summed E-state index contributed by atoms with van der Waals surface area (Å²) in [5.41, 5.74) is 3.38. The van der Waals surface area contributed by atoms with Gasteiger partial charge in [-0.25, -0.2) is 4.79 Å². The van der Waals surface area contributed by atoms with Crippen LogP contribution in [0.25, 0.3) is 0 Å². The molecule has 0 saturated carbocycles. The number of carboxylic acid groups (broad SMARTS) is 1. The Labute approximate surface area is 140 Å². The molecule has 1 aromatic heterocycles. The molecule has 6 heteroatoms. The zero-order chi connectivity index (χ0) is 17.4. The molecular weight excluding hydrogens is 308 g/mol. The number of nitrogens with zero attached hydrogens (tertiary/aromatic N) is 2. The summed E-state index contributed by atoms with van der Waals surface area (Å²) in [6, 6.07) is 6.80. The van der Waals surface area contributed by atoms with E-state index in [0.29, 0.717) is 24.4 Å². The van der Waals surface area contributed by atoms with E-state index in [1.165, 1.54) is 4.90 Å². The molecule has 0 spiro atoms. The van der Waals surface area contributed by atoms with Crippen molar-refractivity contribution in [2.24, 2.45) is 0 Å². The molecule has 3 rings (SSSR count). The summed E-state index contributed by atoms with van der Waals surface area (Å²) in [5.74, 6) is -1.10. The average Bonchev–Trinajstić information content (AvgIpc) is 2.90. The fourth-order valence-corrected chi connectivity index (χ4v) is 3.46. The molecule has 0 fully saturated rings. The van der Waals surface area contributed by atoms with E-state index in [0.717, 1.165) is 16.7 Å². The van der Waals surface area contributed by atoms with Crippen molar-refractivity contribution in [2.45, 2.75) is 45.7 Å². The summed E-state index contributed by atoms with van der Waals surface area (Å²) >= 11 is 0. The molecule has 6 nitrogen and oxygen atoms in total. The molecule has 0 unspecified atom stereocenters. The second-order valence-electron chi connectivity index (χ2n) is 6.25. The van der Waals surface area contributed by atoms with Crippen molar-refractivity contribution in [3.63, 3.8) is 0 Å². The lowest BCUT2D eigenvalue weighted by Gasteiger charge is -2.36. The molecule has 0 aliphatic carbocycles. The highest BCUT2D eigenvalue weighted by Crippen LogP contribution is 2.30. The van der Waals surface area contributed by atoms with E-state index in [-0.39, 0.29) is 5.91 Å². The van der Waals surface area contributed by atoms with Gasteiger partial charge in [-0.1, -0.05) is 29.4 Å². The first kappa shape index (κ1) is 16.2. The number of rotatable bonds is 3. The minimum absolute atomic E-state index is 0.216. The molecule has 1 N–H and O–H groups in total. The van der Waals surface area contributed by atoms with Gasteiger partial charge in [0.15, 0.2) is 0 Å². The van der Waals surface area contributed by atoms with Crippen molar-refractivity contribution in [1.29, 1.82) is 0 Å². The Balaban J connectivity index is 1.94. The smallest absolute Gasteiger partial charge is 0.326 e. The summed E-state index contributed by atoms with van der Waals surface area (Å²) in [7, 11) is 0. The first-order chi connectivity index (χ1) is 11.4. The van der Waals surface area contributed by atoms with E-state index in [1.807, 2.05) is 24.3 Å². The fourth-order valence-electron chi connectivity index (χ4n) is 3.46. The molecule has 0 radical (unpaired) electrons. The third-order valence-electron chi connectivity index (χ3n) is 4.71. The zero-order valence-electron chi connectivity index (χ0n) is 13.9. The van der Waals surface area contributed by atoms with Gasteiger partial charge in [0, 0.05) is 18.5 Å². The standard InChI is InChI=1S/C18H20N2O4/c1-10(16-11(2)19-24-12(16)3)17(21)20-9-14-7-5-4-6-13(14)8-15(20)18(22)23/h4-7,10,15H,8-9H2,1-3H3,(H,22,23)/t10-,15+/m0/s1. The summed E-state index contributed by atoms with van der Waals surface area (Å²) in [5, 5.41) is 13.5. The van der Waals surface area contributed by atoms with Gasteiger partial charge >= 0.3 is 5.97 Å². The quantitative estimate of drug-likeness (QED) is 0.935. The molecule has 2 atom stereocenters. The van der Waals surface area contributed by atoms with E-state index in [9.17, 15) is 14.7 Å². The number of benzene rings is 1. The first-order valence-electron chi connectivity index (χ1n) is 7.93. The molecule has 2 heterocycles. The number of aliphatic carboxylic acids is 1. The second-order valence-corrected chi connectivity index (χ2v) is 6.25. The van der Waals surface area contributed by atoms with Gasteiger partial charge in [0.05, 0.1) is 11.6 Å². The second kappa shape index (κ2) is 6.11. The summed E-state index contributed by atoms with van der Waals surface area (Å²) < 4.78 is 5.15. The summed E-state index contributed by atoms with van der Waals surface area (Å²) in [4.78, 5) is 26.2. The van der Waals surface area contributed by atoms with Crippen molar-refractivity contribution in [2.75, 3.05) is 0 Å². The minimum atomic E-state index is -0.983. The molecule has 0 bridgehead atoms. The lowest BCUT2D eigenvalue weighted by atomic mass is 9.91. The number of fused-ring (bicyclic) bond motifs is 1. The van der Waals surface area contributed by atoms with Crippen LogP contribution in [0.5, 0.6) is 0 Å². The van der Waals surface area contributed by atoms with Gasteiger partial charge in [0.2, 0.25) is 5.91 Å². The monoisotopic (exact) mass is 328 g/mol. The molecular formula is C18H20N2O4. The minimum Gasteiger partial charge on any atom is -0.480 e. The zero-order valence-corrected chi connectivity index (χ0v) is 13.9. The van der Waals surface area contributed by atoms with Crippen molar-refractivity contribution in [1.82, 2.24) is 10.1 Å². The Kier molecular flexibility index (Phi) is 4.13. The molecule has 2 aromatic rings. The van der Waals surface area contributed by atoms with Gasteiger partial charge in [-0.3, -0.25) is 4.79 Å². The van der Waals surface area contributed by atoms with Crippen LogP contribution in [0.15, 0.2) is 28.8 Å². The largest absolute Gasteiger partial charge is 0.480 e. The number of carbonyl (C=O) groups is 2. The van der Waals surface area contributed by atoms with E-state index in [1.54, 1.807) is 20.8 Å². The van der Waals surface area contributed by atoms with Gasteiger partial charge < -0.3 is 14.5 Å². The maximum atomic E-state index is 13.0. The van der Waals surface area contributed by atoms with Crippen molar-refractivity contribution in [3.05, 3.63) is 52.4 Å². The predicted octanol–water partition coefficient (Wildman–Crippen LogP) is 2.43. The molecule has 24 heavy (non-hydrogen) atoms. The van der Waals surface area contributed by atoms with E-state index >= 15 is 0 Å². The molecule has 1 aliphatic heterocycles. The highest BCUT2D eigenvalue weighted by molar-refractivity contribution is 5.89. The number of carbonyl (C=O) groups excluding carboxylic acids is 1. The van der Waals surface area contributed by atoms with Gasteiger partial charge in [0.1, 0.15) is 11.8 Å². The molecule has 1 aliphatic rings. The Morgan fingerprint density at radius 1 is 1.29 bits per heavy atom. The number of carboxylic acids is 1. The lowest BCUT2D eigenvalue weighted by Crippen LogP contribution is -2.50. The topological polar surface area (TPSA) is 83.6 Å². The van der Waals surface area contributed by atoms with Crippen LogP contribution in [-0.2, 0) is 22.6 Å². The first-order valence-corrected chi connectivity index (χ1v) is 7.93. The van der Waals surface area contributed by atoms with Gasteiger partial charge in [-0.15, -0.1) is 0 Å². The van der Waals surface area contributed by atoms with Gasteiger partial charge in [0.25, 0.3) is 0 Å². The summed E-state index contributed by atoms with van der Waals surface area (Å²) in [6.45, 7) is 5.63. The van der Waals surface area contributed by atoms with Crippen molar-refractivity contribution >= 4 is 11.9 Å². The maximum Gasteiger partial charge on any atom is 0.326 e. The van der Waals surface area contributed by atoms with Crippen LogP contribution >= 0.6 is 0 Å². The Morgan fingerprint density at radius 2 is 1.96 bits per heavy atom. The van der Waals surface area contributed by atoms with Crippen LogP contribution in [0, 0.1) is 13.8 Å². The Morgan fingerprint density at radius 3 is 2.54 bits per heavy atom. The average molecular weight is 328 g/mol. The highest BCUT2D eigenvalue weighted by atomic mass is 16.5. The van der Waals surface area contributed by atoms with Crippen LogP contribution in [-0.4, -0.2) is 33.1 Å². The maximum absolute atomic E-state index is 13.0. The molecule has 1 amide bonds. The molecule has 126 valence electrons. The predicted molar refractivity (Wildman–Crippen MR) is 86.5 cm³/mol. The number of aryl methyl sites for hydroxylation is 2. The number of hydrogen-bond donors (Lipinski definition) is 1. The van der Waals surface area contributed by atoms with E-state index in [4.69, 9.17) is 4.52 Å². The van der Waals surface area contributed by atoms with Crippen LogP contribution in [0.4, 0.5) is 0 Å². The van der Waals surface area contributed by atoms with Crippen LogP contribution in [0.1, 0.15) is 41.0 Å². The SMILES string of the molecule is Cc1noc(C)c1[C@H](C)C(=O)N1Cc2ccccc2C[C@@H]1C(=O)O. The van der Waals surface area contributed by atoms with Gasteiger partial charge in [-0.2, -0.15) is 0 Å². The normalized spacial score (nSPS) is 18.1. The van der Waals surface area contributed by atoms with Crippen molar-refractivity contribution in [3.8, 4) is 0 Å². The van der Waals surface area contributed by atoms with Crippen LogP contribution < -0.4 is 0 Å². The van der Waals surface area contributed by atoms with Crippen LogP contribution in [0.3, 0.4) is 0 Å². The summed E-state index contributed by atoms with van der Waals surface area (Å²) in [6.07, 6.45) is 0.325. The van der Waals surface area contributed by atoms with E-state index < -0.39 is 17.9 Å². The fraction of sp³-hybridized carbons (Fsp3) is 0.389.